The first-order chi connectivity index (χ1) is 25.7. The van der Waals surface area contributed by atoms with Crippen molar-refractivity contribution < 1.29 is 19.0 Å². The number of pyridine rings is 1. The normalized spacial score (nSPS) is 13.4. The Bertz CT molecular complexity index is 1970. The van der Waals surface area contributed by atoms with E-state index in [1.807, 2.05) is 37.3 Å². The highest BCUT2D eigenvalue weighted by molar-refractivity contribution is 6.32. The van der Waals surface area contributed by atoms with E-state index in [1.165, 1.54) is 22.3 Å². The van der Waals surface area contributed by atoms with Crippen LogP contribution in [-0.2, 0) is 24.4 Å². The number of carbonyl (C=O) groups excluding carboxylic acids is 1. The van der Waals surface area contributed by atoms with Gasteiger partial charge in [-0.25, -0.2) is 4.98 Å². The van der Waals surface area contributed by atoms with Crippen LogP contribution in [0.1, 0.15) is 58.7 Å². The van der Waals surface area contributed by atoms with Gasteiger partial charge in [0.1, 0.15) is 24.4 Å². The number of aromatic nitrogens is 1. The highest BCUT2D eigenvalue weighted by Crippen LogP contribution is 2.36. The van der Waals surface area contributed by atoms with Crippen molar-refractivity contribution in [2.75, 3.05) is 32.8 Å². The van der Waals surface area contributed by atoms with Gasteiger partial charge in [0, 0.05) is 57.0 Å². The molecule has 1 fully saturated rings. The zero-order chi connectivity index (χ0) is 37.2. The summed E-state index contributed by atoms with van der Waals surface area (Å²) in [4.78, 5) is 20.9. The number of benzene rings is 4. The topological polar surface area (TPSA) is 64.1 Å². The lowest BCUT2D eigenvalue weighted by Crippen LogP contribution is -2.45. The van der Waals surface area contributed by atoms with Crippen LogP contribution < -0.4 is 14.2 Å². The summed E-state index contributed by atoms with van der Waals surface area (Å²) in [5.74, 6) is 3.03. The van der Waals surface area contributed by atoms with Crippen molar-refractivity contribution in [3.8, 4) is 23.1 Å². The van der Waals surface area contributed by atoms with Gasteiger partial charge in [0.2, 0.25) is 5.88 Å². The number of allylic oxidation sites excluding steroid dienone is 1. The minimum Gasteiger partial charge on any atom is -0.493 e. The number of aldehydes is 1. The van der Waals surface area contributed by atoms with E-state index in [9.17, 15) is 4.79 Å². The minimum atomic E-state index is 0. The second kappa shape index (κ2) is 19.5. The quantitative estimate of drug-likeness (QED) is 0.0777. The molecule has 0 saturated carbocycles. The zero-order valence-electron chi connectivity index (χ0n) is 31.5. The number of aryl methyl sites for hydroxylation is 2. The van der Waals surface area contributed by atoms with Gasteiger partial charge in [-0.1, -0.05) is 86.1 Å². The lowest BCUT2D eigenvalue weighted by molar-refractivity contribution is -0.104. The summed E-state index contributed by atoms with van der Waals surface area (Å²) in [6.45, 7) is 13.8. The minimum absolute atomic E-state index is 0. The predicted octanol–water partition coefficient (Wildman–Crippen LogP) is 10.2. The Morgan fingerprint density at radius 1 is 0.833 bits per heavy atom. The van der Waals surface area contributed by atoms with Gasteiger partial charge in [0.25, 0.3) is 0 Å². The van der Waals surface area contributed by atoms with E-state index in [0.717, 1.165) is 73.6 Å². The first-order valence-electron chi connectivity index (χ1n) is 18.3. The number of rotatable bonds is 15. The van der Waals surface area contributed by atoms with Crippen molar-refractivity contribution >= 4 is 36.0 Å². The Hall–Kier alpha value is -4.82. The molecule has 9 heteroatoms. The molecule has 6 rings (SSSR count). The van der Waals surface area contributed by atoms with E-state index >= 15 is 0 Å². The summed E-state index contributed by atoms with van der Waals surface area (Å²) in [6.07, 6.45) is 4.98. The molecule has 0 radical (unpaired) electrons. The largest absolute Gasteiger partial charge is 0.493 e. The summed E-state index contributed by atoms with van der Waals surface area (Å²) >= 11 is 6.80. The third-order valence-electron chi connectivity index (χ3n) is 9.67. The molecule has 4 aromatic carbocycles. The number of ether oxygens (including phenoxy) is 3. The Morgan fingerprint density at radius 2 is 1.54 bits per heavy atom. The fourth-order valence-corrected chi connectivity index (χ4v) is 6.76. The van der Waals surface area contributed by atoms with Gasteiger partial charge in [-0.2, -0.15) is 0 Å². The molecule has 1 aliphatic heterocycles. The van der Waals surface area contributed by atoms with Gasteiger partial charge in [0.15, 0.2) is 5.75 Å². The van der Waals surface area contributed by atoms with Crippen LogP contribution >= 0.6 is 24.0 Å². The number of halogens is 2. The molecule has 5 aromatic rings. The van der Waals surface area contributed by atoms with Crippen molar-refractivity contribution in [3.63, 3.8) is 0 Å². The van der Waals surface area contributed by atoms with Gasteiger partial charge < -0.3 is 19.1 Å². The molecule has 1 aromatic heterocycles. The molecule has 0 amide bonds. The van der Waals surface area contributed by atoms with Gasteiger partial charge in [-0.15, -0.1) is 12.4 Å². The maximum absolute atomic E-state index is 11.8. The van der Waals surface area contributed by atoms with Crippen LogP contribution in [0.4, 0.5) is 0 Å². The number of hydrogen-bond acceptors (Lipinski definition) is 7. The molecule has 2 heterocycles. The van der Waals surface area contributed by atoms with E-state index in [2.05, 4.69) is 96.2 Å². The van der Waals surface area contributed by atoms with Gasteiger partial charge in [0.05, 0.1) is 17.8 Å². The monoisotopic (exact) mass is 765 g/mol. The molecule has 0 N–H and O–H groups in total. The van der Waals surface area contributed by atoms with E-state index in [-0.39, 0.29) is 12.4 Å². The first-order valence-corrected chi connectivity index (χ1v) is 18.7. The molecule has 0 atom stereocenters. The standard InChI is InChI=1S/C45H48ClN3O4.ClH/c1-32(2)37-13-15-40(16-14-37)51-26-20-35-9-11-36(12-10-35)30-48-21-23-49(24-22-48)43(19-25-50)39-27-34(4)45(42(46)28-39)53-44-18-17-41(29-47-44)52-31-38-8-6-5-7-33(38)3;/h5-19,25,27-29,32H,20-24,26,30-31H2,1-4H3;1H/b43-19+;. The molecular formula is C45H49Cl2N3O4. The van der Waals surface area contributed by atoms with Gasteiger partial charge in [-0.05, 0) is 89.0 Å². The number of piperazine rings is 1. The zero-order valence-corrected chi connectivity index (χ0v) is 33.0. The molecule has 7 nitrogen and oxygen atoms in total. The van der Waals surface area contributed by atoms with Crippen LogP contribution in [0.5, 0.6) is 23.1 Å². The van der Waals surface area contributed by atoms with E-state index in [0.29, 0.717) is 41.5 Å². The second-order valence-electron chi connectivity index (χ2n) is 13.8. The van der Waals surface area contributed by atoms with Crippen LogP contribution in [0.25, 0.3) is 5.70 Å². The third kappa shape index (κ3) is 10.9. The Morgan fingerprint density at radius 3 is 2.19 bits per heavy atom. The predicted molar refractivity (Wildman–Crippen MR) is 220 cm³/mol. The summed E-state index contributed by atoms with van der Waals surface area (Å²) < 4.78 is 18.0. The molecule has 54 heavy (non-hydrogen) atoms. The number of nitrogens with zero attached hydrogens (tertiary/aromatic N) is 3. The van der Waals surface area contributed by atoms with Crippen molar-refractivity contribution in [1.82, 2.24) is 14.8 Å². The van der Waals surface area contributed by atoms with Crippen LogP contribution in [0.3, 0.4) is 0 Å². The fourth-order valence-electron chi connectivity index (χ4n) is 6.46. The van der Waals surface area contributed by atoms with Crippen molar-refractivity contribution in [2.45, 2.75) is 53.2 Å². The number of hydrogen-bond donors (Lipinski definition) is 0. The first kappa shape index (κ1) is 40.4. The molecule has 0 spiro atoms. The lowest BCUT2D eigenvalue weighted by atomic mass is 10.0. The SMILES string of the molecule is Cc1ccccc1COc1ccc(Oc2c(C)cc(/C(=C\C=O)N3CCN(Cc4ccc(CCOc5ccc(C(C)C)cc5)cc4)CC3)cc2Cl)nc1.Cl. The maximum Gasteiger partial charge on any atom is 0.219 e. The molecule has 1 saturated heterocycles. The van der Waals surface area contributed by atoms with Gasteiger partial charge in [-0.3, -0.25) is 9.69 Å². The summed E-state index contributed by atoms with van der Waals surface area (Å²) in [5, 5.41) is 0.451. The Kier molecular flexibility index (Phi) is 14.6. The van der Waals surface area contributed by atoms with Crippen LogP contribution in [-0.4, -0.2) is 53.9 Å². The van der Waals surface area contributed by atoms with E-state index in [1.54, 1.807) is 18.3 Å². The average Bonchev–Trinajstić information content (AvgIpc) is 3.17. The highest BCUT2D eigenvalue weighted by atomic mass is 35.5. The van der Waals surface area contributed by atoms with Gasteiger partial charge >= 0.3 is 0 Å². The summed E-state index contributed by atoms with van der Waals surface area (Å²) in [5.41, 5.74) is 8.76. The molecule has 1 aliphatic rings. The van der Waals surface area contributed by atoms with E-state index in [4.69, 9.17) is 25.8 Å². The van der Waals surface area contributed by atoms with Crippen molar-refractivity contribution in [2.24, 2.45) is 0 Å². The maximum atomic E-state index is 11.8. The summed E-state index contributed by atoms with van der Waals surface area (Å²) in [6, 6.07) is 32.9. The van der Waals surface area contributed by atoms with E-state index < -0.39 is 0 Å². The smallest absolute Gasteiger partial charge is 0.219 e. The number of carbonyl (C=O) groups is 1. The molecule has 282 valence electrons. The Labute approximate surface area is 331 Å². The average molecular weight is 767 g/mol. The third-order valence-corrected chi connectivity index (χ3v) is 9.95. The Balaban J connectivity index is 0.00000561. The molecule has 0 unspecified atom stereocenters. The summed E-state index contributed by atoms with van der Waals surface area (Å²) in [7, 11) is 0. The lowest BCUT2D eigenvalue weighted by Gasteiger charge is -2.37. The molecular weight excluding hydrogens is 717 g/mol. The molecule has 0 bridgehead atoms. The van der Waals surface area contributed by atoms with Crippen molar-refractivity contribution in [1.29, 1.82) is 0 Å². The molecule has 0 aliphatic carbocycles. The highest BCUT2D eigenvalue weighted by Gasteiger charge is 2.22. The van der Waals surface area contributed by atoms with Crippen LogP contribution in [0.15, 0.2) is 109 Å². The van der Waals surface area contributed by atoms with Crippen LogP contribution in [0, 0.1) is 13.8 Å². The fraction of sp³-hybridized carbons (Fsp3) is 0.289. The van der Waals surface area contributed by atoms with Crippen LogP contribution in [0.2, 0.25) is 5.02 Å². The van der Waals surface area contributed by atoms with Crippen molar-refractivity contribution in [3.05, 3.63) is 153 Å². The second-order valence-corrected chi connectivity index (χ2v) is 14.3.